The molecule has 60 heavy (non-hydrogen) atoms. The highest BCUT2D eigenvalue weighted by molar-refractivity contribution is 5.72. The van der Waals surface area contributed by atoms with Crippen LogP contribution in [-0.2, 0) is 28.6 Å². The van der Waals surface area contributed by atoms with Crippen molar-refractivity contribution < 1.29 is 38.2 Å². The van der Waals surface area contributed by atoms with E-state index >= 15 is 0 Å². The molecule has 0 aliphatic carbocycles. The van der Waals surface area contributed by atoms with Crippen molar-refractivity contribution in [1.29, 1.82) is 0 Å². The molecule has 0 bridgehead atoms. The van der Waals surface area contributed by atoms with E-state index in [9.17, 15) is 19.5 Å². The first-order valence-electron chi connectivity index (χ1n) is 24.0. The summed E-state index contributed by atoms with van der Waals surface area (Å²) in [6.07, 6.45) is 53.7. The molecule has 0 aliphatic rings. The molecule has 0 amide bonds. The average Bonchev–Trinajstić information content (AvgIpc) is 3.21. The number of rotatable bonds is 42. The van der Waals surface area contributed by atoms with Crippen molar-refractivity contribution in [2.45, 2.75) is 199 Å². The number of hydrogen-bond acceptors (Lipinski definition) is 6. The molecule has 0 spiro atoms. The number of esters is 2. The Kier molecular flexibility index (Phi) is 40.2. The number of carbonyl (C=O) groups is 3. The lowest BCUT2D eigenvalue weighted by atomic mass is 10.1. The van der Waals surface area contributed by atoms with Crippen LogP contribution in [0, 0.1) is 0 Å². The van der Waals surface area contributed by atoms with Crippen molar-refractivity contribution in [2.24, 2.45) is 0 Å². The number of carboxylic acids is 1. The lowest BCUT2D eigenvalue weighted by molar-refractivity contribution is -0.887. The number of allylic oxidation sites excluding steroid dienone is 12. The molecule has 0 saturated heterocycles. The molecule has 0 fully saturated rings. The van der Waals surface area contributed by atoms with Gasteiger partial charge in [-0.2, -0.15) is 0 Å². The van der Waals surface area contributed by atoms with Crippen LogP contribution in [0.15, 0.2) is 72.9 Å². The SMILES string of the molecule is CCCCC/C=C/C=C/CCCCCCCCC(=O)OC(COCCC(C(=O)O)[N+](C)(C)C)COC(=O)CCCCCCC/C=C/C/C=C/C/C=C/C/C=C/CCCCC. The van der Waals surface area contributed by atoms with E-state index in [2.05, 4.69) is 86.8 Å². The number of aliphatic carboxylic acids is 1. The highest BCUT2D eigenvalue weighted by atomic mass is 16.6. The maximum absolute atomic E-state index is 12.7. The third kappa shape index (κ3) is 40.2. The third-order valence-corrected chi connectivity index (χ3v) is 10.4. The van der Waals surface area contributed by atoms with Crippen LogP contribution in [0.25, 0.3) is 0 Å². The zero-order valence-electron chi connectivity index (χ0n) is 39.1. The van der Waals surface area contributed by atoms with Gasteiger partial charge in [-0.15, -0.1) is 0 Å². The van der Waals surface area contributed by atoms with Gasteiger partial charge in [-0.25, -0.2) is 4.79 Å². The topological polar surface area (TPSA) is 99.1 Å². The fraction of sp³-hybridized carbons (Fsp3) is 0.712. The lowest BCUT2D eigenvalue weighted by Crippen LogP contribution is -2.50. The minimum atomic E-state index is -0.882. The van der Waals surface area contributed by atoms with Gasteiger partial charge < -0.3 is 23.8 Å². The first kappa shape index (κ1) is 56.8. The first-order valence-corrected chi connectivity index (χ1v) is 24.0. The van der Waals surface area contributed by atoms with Crippen LogP contribution in [0.4, 0.5) is 0 Å². The molecular weight excluding hydrogens is 751 g/mol. The summed E-state index contributed by atoms with van der Waals surface area (Å²) in [6, 6.07) is -0.623. The van der Waals surface area contributed by atoms with Gasteiger partial charge in [0, 0.05) is 19.3 Å². The van der Waals surface area contributed by atoms with Gasteiger partial charge in [-0.3, -0.25) is 9.59 Å². The van der Waals surface area contributed by atoms with Crippen LogP contribution >= 0.6 is 0 Å². The Morgan fingerprint density at radius 2 is 0.933 bits per heavy atom. The van der Waals surface area contributed by atoms with E-state index in [1.54, 1.807) is 0 Å². The molecule has 1 N–H and O–H groups in total. The Labute approximate surface area is 368 Å². The highest BCUT2D eigenvalue weighted by Gasteiger charge is 2.31. The molecular formula is C52H90NO7+. The summed E-state index contributed by atoms with van der Waals surface area (Å²) in [5.74, 6) is -1.51. The van der Waals surface area contributed by atoms with E-state index in [1.807, 2.05) is 21.1 Å². The van der Waals surface area contributed by atoms with Gasteiger partial charge in [-0.1, -0.05) is 157 Å². The number of nitrogens with zero attached hydrogens (tertiary/aromatic N) is 1. The van der Waals surface area contributed by atoms with Crippen LogP contribution < -0.4 is 0 Å². The molecule has 0 aromatic rings. The Hall–Kier alpha value is -3.23. The summed E-state index contributed by atoms with van der Waals surface area (Å²) in [7, 11) is 5.51. The summed E-state index contributed by atoms with van der Waals surface area (Å²) in [5.41, 5.74) is 0. The highest BCUT2D eigenvalue weighted by Crippen LogP contribution is 2.13. The van der Waals surface area contributed by atoms with Crippen LogP contribution in [0.2, 0.25) is 0 Å². The molecule has 8 nitrogen and oxygen atoms in total. The van der Waals surface area contributed by atoms with Crippen molar-refractivity contribution in [3.63, 3.8) is 0 Å². The number of hydrogen-bond donors (Lipinski definition) is 1. The van der Waals surface area contributed by atoms with Crippen LogP contribution in [0.3, 0.4) is 0 Å². The largest absolute Gasteiger partial charge is 0.477 e. The number of likely N-dealkylation sites (N-methyl/N-ethyl adjacent to an activating group) is 1. The zero-order valence-corrected chi connectivity index (χ0v) is 39.1. The van der Waals surface area contributed by atoms with E-state index in [0.29, 0.717) is 19.3 Å². The Balaban J connectivity index is 4.35. The molecule has 0 aromatic heterocycles. The van der Waals surface area contributed by atoms with Crippen molar-refractivity contribution in [2.75, 3.05) is 41.0 Å². The number of quaternary nitrogens is 1. The van der Waals surface area contributed by atoms with Crippen molar-refractivity contribution in [1.82, 2.24) is 0 Å². The Morgan fingerprint density at radius 1 is 0.517 bits per heavy atom. The molecule has 0 rings (SSSR count). The number of ether oxygens (including phenoxy) is 3. The fourth-order valence-corrected chi connectivity index (χ4v) is 6.59. The fourth-order valence-electron chi connectivity index (χ4n) is 6.59. The smallest absolute Gasteiger partial charge is 0.362 e. The van der Waals surface area contributed by atoms with E-state index in [1.165, 1.54) is 57.8 Å². The quantitative estimate of drug-likeness (QED) is 0.0215. The van der Waals surface area contributed by atoms with Crippen molar-refractivity contribution in [3.05, 3.63) is 72.9 Å². The minimum absolute atomic E-state index is 0.0467. The van der Waals surface area contributed by atoms with Gasteiger partial charge in [0.2, 0.25) is 0 Å². The van der Waals surface area contributed by atoms with Gasteiger partial charge >= 0.3 is 17.9 Å². The Bertz CT molecular complexity index is 1210. The standard InChI is InChI=1S/C52H89NO7/c1-6-8-10-12-14-16-18-20-22-23-24-25-26-27-29-30-32-34-36-38-40-42-50(54)59-47-48(46-58-45-44-49(52(56)57)53(3,4)5)60-51(55)43-41-39-37-35-33-31-28-21-19-17-15-13-11-9-7-2/h14-17,19-22,24-25,27,29,48-49H,6-13,18,23,26,28,30-47H2,1-5H3/p+1/b16-14+,17-15+,21-19+,22-20+,25-24+,29-27+. The van der Waals surface area contributed by atoms with Crippen LogP contribution in [0.1, 0.15) is 187 Å². The number of unbranched alkanes of at least 4 members (excludes halogenated alkanes) is 17. The molecule has 2 unspecified atom stereocenters. The third-order valence-electron chi connectivity index (χ3n) is 10.4. The molecule has 0 heterocycles. The summed E-state index contributed by atoms with van der Waals surface area (Å²) < 4.78 is 17.3. The van der Waals surface area contributed by atoms with Gasteiger partial charge in [0.1, 0.15) is 6.61 Å². The summed E-state index contributed by atoms with van der Waals surface area (Å²) in [6.45, 7) is 4.64. The molecule has 344 valence electrons. The van der Waals surface area contributed by atoms with Gasteiger partial charge in [0.05, 0.1) is 34.4 Å². The minimum Gasteiger partial charge on any atom is -0.477 e. The summed E-state index contributed by atoms with van der Waals surface area (Å²) in [4.78, 5) is 37.1. The Morgan fingerprint density at radius 3 is 1.40 bits per heavy atom. The van der Waals surface area contributed by atoms with Gasteiger partial charge in [0.15, 0.2) is 12.1 Å². The second-order valence-corrected chi connectivity index (χ2v) is 17.0. The summed E-state index contributed by atoms with van der Waals surface area (Å²) in [5, 5.41) is 9.63. The van der Waals surface area contributed by atoms with E-state index < -0.39 is 18.1 Å². The van der Waals surface area contributed by atoms with E-state index in [-0.39, 0.29) is 36.2 Å². The normalized spacial score (nSPS) is 13.6. The lowest BCUT2D eigenvalue weighted by Gasteiger charge is -2.31. The average molecular weight is 841 g/mol. The molecule has 0 aromatic carbocycles. The first-order chi connectivity index (χ1) is 29.1. The van der Waals surface area contributed by atoms with Crippen molar-refractivity contribution >= 4 is 17.9 Å². The zero-order chi connectivity index (χ0) is 44.2. The maximum Gasteiger partial charge on any atom is 0.362 e. The number of carboxylic acid groups (broad SMARTS) is 1. The molecule has 2 atom stereocenters. The van der Waals surface area contributed by atoms with Crippen molar-refractivity contribution in [3.8, 4) is 0 Å². The van der Waals surface area contributed by atoms with E-state index in [0.717, 1.165) is 96.3 Å². The molecule has 0 aliphatic heterocycles. The second kappa shape index (κ2) is 42.5. The van der Waals surface area contributed by atoms with E-state index in [4.69, 9.17) is 14.2 Å². The monoisotopic (exact) mass is 841 g/mol. The summed E-state index contributed by atoms with van der Waals surface area (Å²) >= 11 is 0. The predicted octanol–water partition coefficient (Wildman–Crippen LogP) is 13.5. The predicted molar refractivity (Wildman–Crippen MR) is 252 cm³/mol. The maximum atomic E-state index is 12.7. The molecule has 0 saturated carbocycles. The molecule has 8 heteroatoms. The van der Waals surface area contributed by atoms with Crippen LogP contribution in [-0.4, -0.2) is 80.6 Å². The van der Waals surface area contributed by atoms with Gasteiger partial charge in [-0.05, 0) is 83.5 Å². The van der Waals surface area contributed by atoms with Crippen LogP contribution in [0.5, 0.6) is 0 Å². The van der Waals surface area contributed by atoms with Gasteiger partial charge in [0.25, 0.3) is 0 Å². The molecule has 0 radical (unpaired) electrons. The number of carbonyl (C=O) groups excluding carboxylic acids is 2. The second-order valence-electron chi connectivity index (χ2n) is 17.0.